The lowest BCUT2D eigenvalue weighted by Crippen LogP contribution is -2.03. The maximum Gasteiger partial charge on any atom is 0.107 e. The summed E-state index contributed by atoms with van der Waals surface area (Å²) in [7, 11) is 0. The molecule has 1 aromatic carbocycles. The highest BCUT2D eigenvalue weighted by Gasteiger charge is 2.15. The fourth-order valence-electron chi connectivity index (χ4n) is 2.15. The maximum atomic E-state index is 4.45. The number of para-hydroxylation sites is 1. The van der Waals surface area contributed by atoms with E-state index >= 15 is 0 Å². The van der Waals surface area contributed by atoms with E-state index in [1.165, 1.54) is 0 Å². The largest absolute Gasteiger partial charge is 0.359 e. The van der Waals surface area contributed by atoms with E-state index in [-0.39, 0.29) is 0 Å². The molecule has 0 fully saturated rings. The van der Waals surface area contributed by atoms with E-state index in [4.69, 9.17) is 0 Å². The molecule has 1 N–H and O–H groups in total. The first kappa shape index (κ1) is 7.87. The fourth-order valence-corrected chi connectivity index (χ4v) is 2.15. The van der Waals surface area contributed by atoms with E-state index in [1.54, 1.807) is 12.7 Å². The van der Waals surface area contributed by atoms with Gasteiger partial charge in [0.15, 0.2) is 0 Å². The first-order chi connectivity index (χ1) is 7.93. The van der Waals surface area contributed by atoms with E-state index in [0.29, 0.717) is 0 Å². The third-order valence-corrected chi connectivity index (χ3v) is 2.90. The van der Waals surface area contributed by atoms with Crippen LogP contribution in [0.25, 0.3) is 23.0 Å². The Balaban J connectivity index is 2.24. The van der Waals surface area contributed by atoms with Crippen LogP contribution in [0.15, 0.2) is 36.9 Å². The van der Waals surface area contributed by atoms with Gasteiger partial charge >= 0.3 is 0 Å². The second-order valence-electron chi connectivity index (χ2n) is 3.81. The molecule has 4 heteroatoms. The summed E-state index contributed by atoms with van der Waals surface area (Å²) in [4.78, 5) is 8.78. The van der Waals surface area contributed by atoms with Gasteiger partial charge in [-0.15, -0.1) is 0 Å². The Labute approximate surface area is 91.3 Å². The van der Waals surface area contributed by atoms with Crippen molar-refractivity contribution >= 4 is 17.4 Å². The first-order valence-electron chi connectivity index (χ1n) is 5.11. The van der Waals surface area contributed by atoms with Crippen molar-refractivity contribution in [2.24, 2.45) is 0 Å². The Kier molecular flexibility index (Phi) is 1.28. The zero-order chi connectivity index (χ0) is 10.5. The van der Waals surface area contributed by atoms with Crippen molar-refractivity contribution in [3.8, 4) is 11.3 Å². The molecule has 1 aliphatic heterocycles. The van der Waals surface area contributed by atoms with Gasteiger partial charge in [-0.1, -0.05) is 18.2 Å². The van der Waals surface area contributed by atoms with Crippen molar-refractivity contribution in [3.05, 3.63) is 42.3 Å². The Morgan fingerprint density at radius 3 is 2.94 bits per heavy atom. The molecule has 0 radical (unpaired) electrons. The van der Waals surface area contributed by atoms with Crippen molar-refractivity contribution < 1.29 is 0 Å². The lowest BCUT2D eigenvalue weighted by Gasteiger charge is -2.04. The minimum Gasteiger partial charge on any atom is -0.359 e. The predicted octanol–water partition coefficient (Wildman–Crippen LogP) is 1.28. The molecule has 0 spiro atoms. The number of nitrogens with zero attached hydrogens (tertiary/aromatic N) is 3. The van der Waals surface area contributed by atoms with Gasteiger partial charge in [-0.3, -0.25) is 4.40 Å². The van der Waals surface area contributed by atoms with Crippen LogP contribution >= 0.6 is 0 Å². The van der Waals surface area contributed by atoms with E-state index in [9.17, 15) is 0 Å². The minimum atomic E-state index is 0.934. The number of aromatic nitrogens is 3. The summed E-state index contributed by atoms with van der Waals surface area (Å²) < 4.78 is 1.95. The number of rotatable bonds is 0. The highest BCUT2D eigenvalue weighted by Crippen LogP contribution is 2.29. The molecule has 3 heterocycles. The van der Waals surface area contributed by atoms with Crippen LogP contribution in [-0.4, -0.2) is 14.4 Å². The van der Waals surface area contributed by atoms with E-state index in [0.717, 1.165) is 27.8 Å². The van der Waals surface area contributed by atoms with Gasteiger partial charge in [-0.25, -0.2) is 9.97 Å². The van der Waals surface area contributed by atoms with Crippen molar-refractivity contribution in [3.63, 3.8) is 0 Å². The van der Waals surface area contributed by atoms with Gasteiger partial charge in [0.2, 0.25) is 0 Å². The van der Waals surface area contributed by atoms with Crippen LogP contribution in [0.5, 0.6) is 0 Å². The summed E-state index contributed by atoms with van der Waals surface area (Å²) in [5.41, 5.74) is 4.25. The van der Waals surface area contributed by atoms with Gasteiger partial charge in [0.25, 0.3) is 0 Å². The topological polar surface area (TPSA) is 42.2 Å². The molecule has 4 nitrogen and oxygen atoms in total. The number of hydrogen-bond donors (Lipinski definition) is 1. The molecule has 0 saturated heterocycles. The summed E-state index contributed by atoms with van der Waals surface area (Å²) in [6.45, 7) is 0. The van der Waals surface area contributed by atoms with E-state index in [1.807, 2.05) is 28.8 Å². The van der Waals surface area contributed by atoms with Crippen molar-refractivity contribution in [2.45, 2.75) is 0 Å². The standard InChI is InChI=1S/C12H8N4/c1-2-4-9-8(3-1)11-12-10(5-13-9)14-6-16(12)7-15-11/h1-7,13H. The quantitative estimate of drug-likeness (QED) is 0.605. The smallest absolute Gasteiger partial charge is 0.107 e. The molecule has 16 heavy (non-hydrogen) atoms. The molecule has 0 atom stereocenters. The van der Waals surface area contributed by atoms with E-state index in [2.05, 4.69) is 21.4 Å². The number of imidazole rings is 2. The third-order valence-electron chi connectivity index (χ3n) is 2.90. The van der Waals surface area contributed by atoms with Crippen LogP contribution in [-0.2, 0) is 0 Å². The zero-order valence-electron chi connectivity index (χ0n) is 8.38. The molecule has 0 amide bonds. The molecule has 0 bridgehead atoms. The number of anilines is 1. The molecule has 0 unspecified atom stereocenters. The Hall–Kier alpha value is -2.36. The number of hydrogen-bond acceptors (Lipinski definition) is 3. The fraction of sp³-hybridized carbons (Fsp3) is 0. The Bertz CT molecular complexity index is 742. The van der Waals surface area contributed by atoms with Crippen molar-refractivity contribution in [1.82, 2.24) is 14.4 Å². The van der Waals surface area contributed by atoms with Crippen LogP contribution in [0.1, 0.15) is 0 Å². The molecule has 2 aromatic heterocycles. The predicted molar refractivity (Wildman–Crippen MR) is 61.7 cm³/mol. The monoisotopic (exact) mass is 208 g/mol. The van der Waals surface area contributed by atoms with Gasteiger partial charge in [0.1, 0.15) is 29.2 Å². The molecular weight excluding hydrogens is 200 g/mol. The summed E-state index contributed by atoms with van der Waals surface area (Å²) >= 11 is 0. The first-order valence-corrected chi connectivity index (χ1v) is 5.11. The molecular formula is C12H8N4. The Morgan fingerprint density at radius 2 is 1.94 bits per heavy atom. The normalized spacial score (nSPS) is 12.8. The van der Waals surface area contributed by atoms with Crippen molar-refractivity contribution in [2.75, 3.05) is 5.32 Å². The van der Waals surface area contributed by atoms with Gasteiger partial charge in [0.05, 0.1) is 0 Å². The average molecular weight is 208 g/mol. The highest BCUT2D eigenvalue weighted by atomic mass is 15.1. The average Bonchev–Trinajstić information content (AvgIpc) is 2.85. The third kappa shape index (κ3) is 0.839. The van der Waals surface area contributed by atoms with Crippen LogP contribution in [0, 0.1) is 0 Å². The van der Waals surface area contributed by atoms with Crippen LogP contribution in [0.2, 0.25) is 0 Å². The zero-order valence-corrected chi connectivity index (χ0v) is 8.38. The molecule has 1 aliphatic rings. The van der Waals surface area contributed by atoms with Crippen LogP contribution < -0.4 is 10.7 Å². The molecule has 0 aliphatic carbocycles. The summed E-state index contributed by atoms with van der Waals surface area (Å²) in [5, 5.41) is 4.20. The minimum absolute atomic E-state index is 0.934. The van der Waals surface area contributed by atoms with Crippen molar-refractivity contribution in [1.29, 1.82) is 0 Å². The second kappa shape index (κ2) is 2.61. The summed E-state index contributed by atoms with van der Waals surface area (Å²) in [6, 6.07) is 8.15. The van der Waals surface area contributed by atoms with Gasteiger partial charge < -0.3 is 5.32 Å². The highest BCUT2D eigenvalue weighted by molar-refractivity contribution is 5.89. The maximum absolute atomic E-state index is 4.45. The van der Waals surface area contributed by atoms with E-state index < -0.39 is 0 Å². The molecule has 3 aromatic rings. The lowest BCUT2D eigenvalue weighted by molar-refractivity contribution is 1.13. The van der Waals surface area contributed by atoms with Gasteiger partial charge in [0, 0.05) is 17.5 Å². The lowest BCUT2D eigenvalue weighted by atomic mass is 10.1. The van der Waals surface area contributed by atoms with Crippen LogP contribution in [0.3, 0.4) is 0 Å². The summed E-state index contributed by atoms with van der Waals surface area (Å²) in [5.74, 6) is 0. The summed E-state index contributed by atoms with van der Waals surface area (Å²) in [6.07, 6.45) is 5.51. The second-order valence-corrected chi connectivity index (χ2v) is 3.81. The number of fused-ring (bicyclic) bond motifs is 2. The molecule has 76 valence electrons. The SMILES string of the molecule is C1=c2ncn3cnc(c23)-c2ccccc2N1. The molecule has 0 saturated carbocycles. The van der Waals surface area contributed by atoms with Gasteiger partial charge in [-0.05, 0) is 6.07 Å². The number of nitrogens with one attached hydrogen (secondary N) is 1. The van der Waals surface area contributed by atoms with Crippen LogP contribution in [0.4, 0.5) is 5.69 Å². The Morgan fingerprint density at radius 1 is 1.06 bits per heavy atom. The number of benzene rings is 1. The van der Waals surface area contributed by atoms with Gasteiger partial charge in [-0.2, -0.15) is 0 Å². The molecule has 4 rings (SSSR count).